The number of thiazole rings is 1. The van der Waals surface area contributed by atoms with E-state index in [1.54, 1.807) is 13.3 Å². The highest BCUT2D eigenvalue weighted by Crippen LogP contribution is 2.30. The summed E-state index contributed by atoms with van der Waals surface area (Å²) in [6, 6.07) is 7.41. The minimum Gasteiger partial charge on any atom is -0.496 e. The smallest absolute Gasteiger partial charge is 0.134 e. The summed E-state index contributed by atoms with van der Waals surface area (Å²) in [6.07, 6.45) is 0.972. The molecule has 3 nitrogen and oxygen atoms in total. The van der Waals surface area contributed by atoms with Gasteiger partial charge in [-0.25, -0.2) is 4.98 Å². The number of nitrogens with zero attached hydrogens (tertiary/aromatic N) is 1. The average Bonchev–Trinajstić information content (AvgIpc) is 2.81. The number of aliphatic hydroxyl groups excluding tert-OH is 1. The van der Waals surface area contributed by atoms with Gasteiger partial charge < -0.3 is 9.84 Å². The fourth-order valence-corrected chi connectivity index (χ4v) is 2.03. The van der Waals surface area contributed by atoms with Crippen molar-refractivity contribution < 1.29 is 9.84 Å². The lowest BCUT2D eigenvalue weighted by molar-refractivity contribution is 0.214. The van der Waals surface area contributed by atoms with Gasteiger partial charge in [-0.15, -0.1) is 11.3 Å². The first kappa shape index (κ1) is 10.1. The van der Waals surface area contributed by atoms with Gasteiger partial charge in [-0.05, 0) is 6.07 Å². The van der Waals surface area contributed by atoms with Crippen molar-refractivity contribution in [1.29, 1.82) is 0 Å². The summed E-state index contributed by atoms with van der Waals surface area (Å²) in [5, 5.41) is 12.6. The minimum absolute atomic E-state index is 0.680. The second-order valence-electron chi connectivity index (χ2n) is 3.01. The normalized spacial score (nSPS) is 12.4. The van der Waals surface area contributed by atoms with Gasteiger partial charge in [0.15, 0.2) is 0 Å². The summed E-state index contributed by atoms with van der Waals surface area (Å²) in [5.41, 5.74) is 0.745. The molecule has 15 heavy (non-hydrogen) atoms. The number of benzene rings is 1. The number of aliphatic hydroxyl groups is 1. The van der Waals surface area contributed by atoms with Gasteiger partial charge in [-0.1, -0.05) is 18.2 Å². The Labute approximate surface area is 92.0 Å². The molecule has 1 unspecified atom stereocenters. The molecule has 1 aromatic carbocycles. The second kappa shape index (κ2) is 4.42. The van der Waals surface area contributed by atoms with E-state index in [-0.39, 0.29) is 0 Å². The van der Waals surface area contributed by atoms with Crippen LogP contribution < -0.4 is 4.74 Å². The molecular formula is C11H11NO2S. The van der Waals surface area contributed by atoms with Crippen LogP contribution in [0.2, 0.25) is 0 Å². The van der Waals surface area contributed by atoms with Crippen LogP contribution in [0.1, 0.15) is 16.7 Å². The van der Waals surface area contributed by atoms with E-state index >= 15 is 0 Å². The number of aromatic nitrogens is 1. The van der Waals surface area contributed by atoms with Crippen molar-refractivity contribution in [3.05, 3.63) is 46.4 Å². The summed E-state index contributed by atoms with van der Waals surface area (Å²) in [6.45, 7) is 0. The number of hydrogen-bond acceptors (Lipinski definition) is 4. The summed E-state index contributed by atoms with van der Waals surface area (Å²) >= 11 is 1.43. The van der Waals surface area contributed by atoms with E-state index in [1.807, 2.05) is 29.6 Å². The van der Waals surface area contributed by atoms with Crippen molar-refractivity contribution in [2.24, 2.45) is 0 Å². The number of methoxy groups -OCH3 is 1. The SMILES string of the molecule is COc1ccccc1C(O)c1nccs1. The van der Waals surface area contributed by atoms with Crippen molar-refractivity contribution in [2.75, 3.05) is 7.11 Å². The molecule has 0 radical (unpaired) electrons. The molecule has 0 aliphatic heterocycles. The van der Waals surface area contributed by atoms with E-state index in [1.165, 1.54) is 11.3 Å². The van der Waals surface area contributed by atoms with Crippen LogP contribution in [0.4, 0.5) is 0 Å². The molecule has 0 bridgehead atoms. The highest BCUT2D eigenvalue weighted by Gasteiger charge is 2.16. The molecule has 78 valence electrons. The van der Waals surface area contributed by atoms with E-state index in [0.29, 0.717) is 10.8 Å². The van der Waals surface area contributed by atoms with E-state index in [0.717, 1.165) is 5.56 Å². The predicted octanol–water partition coefficient (Wildman–Crippen LogP) is 2.23. The standard InChI is InChI=1S/C11H11NO2S/c1-14-9-5-3-2-4-8(9)10(13)11-12-6-7-15-11/h2-7,10,13H,1H3. The van der Waals surface area contributed by atoms with Gasteiger partial charge in [0.2, 0.25) is 0 Å². The van der Waals surface area contributed by atoms with Crippen LogP contribution in [0.25, 0.3) is 0 Å². The van der Waals surface area contributed by atoms with Gasteiger partial charge in [-0.3, -0.25) is 0 Å². The molecule has 0 saturated heterocycles. The third-order valence-electron chi connectivity index (χ3n) is 2.12. The topological polar surface area (TPSA) is 42.4 Å². The van der Waals surface area contributed by atoms with Gasteiger partial charge in [0.25, 0.3) is 0 Å². The monoisotopic (exact) mass is 221 g/mol. The van der Waals surface area contributed by atoms with E-state index < -0.39 is 6.10 Å². The van der Waals surface area contributed by atoms with Gasteiger partial charge in [-0.2, -0.15) is 0 Å². The van der Waals surface area contributed by atoms with E-state index in [2.05, 4.69) is 4.98 Å². The van der Waals surface area contributed by atoms with Crippen LogP contribution in [-0.4, -0.2) is 17.2 Å². The van der Waals surface area contributed by atoms with Gasteiger partial charge in [0, 0.05) is 17.1 Å². The lowest BCUT2D eigenvalue weighted by Gasteiger charge is -2.12. The number of rotatable bonds is 3. The molecule has 2 rings (SSSR count). The zero-order valence-electron chi connectivity index (χ0n) is 8.25. The van der Waals surface area contributed by atoms with Crippen molar-refractivity contribution in [3.63, 3.8) is 0 Å². The van der Waals surface area contributed by atoms with E-state index in [9.17, 15) is 5.11 Å². The maximum absolute atomic E-state index is 10.1. The first-order chi connectivity index (χ1) is 7.33. The van der Waals surface area contributed by atoms with Gasteiger partial charge >= 0.3 is 0 Å². The Morgan fingerprint density at radius 1 is 1.40 bits per heavy atom. The Morgan fingerprint density at radius 3 is 2.87 bits per heavy atom. The van der Waals surface area contributed by atoms with Crippen LogP contribution >= 0.6 is 11.3 Å². The molecular weight excluding hydrogens is 210 g/mol. The molecule has 4 heteroatoms. The lowest BCUT2D eigenvalue weighted by Crippen LogP contribution is -2.01. The first-order valence-electron chi connectivity index (χ1n) is 4.53. The summed E-state index contributed by atoms with van der Waals surface area (Å²) in [5.74, 6) is 0.681. The van der Waals surface area contributed by atoms with Crippen LogP contribution in [0.5, 0.6) is 5.75 Å². The Balaban J connectivity index is 2.37. The van der Waals surface area contributed by atoms with Crippen molar-refractivity contribution >= 4 is 11.3 Å². The zero-order valence-corrected chi connectivity index (χ0v) is 9.07. The third kappa shape index (κ3) is 2.00. The molecule has 1 aromatic heterocycles. The Morgan fingerprint density at radius 2 is 2.20 bits per heavy atom. The highest BCUT2D eigenvalue weighted by molar-refractivity contribution is 7.09. The average molecular weight is 221 g/mol. The van der Waals surface area contributed by atoms with Crippen molar-refractivity contribution in [2.45, 2.75) is 6.10 Å². The number of ether oxygens (including phenoxy) is 1. The molecule has 0 aliphatic carbocycles. The maximum atomic E-state index is 10.1. The van der Waals surface area contributed by atoms with Crippen molar-refractivity contribution in [3.8, 4) is 5.75 Å². The molecule has 0 fully saturated rings. The quantitative estimate of drug-likeness (QED) is 0.864. The fourth-order valence-electron chi connectivity index (χ4n) is 1.39. The lowest BCUT2D eigenvalue weighted by atomic mass is 10.1. The Kier molecular flexibility index (Phi) is 2.99. The number of hydrogen-bond donors (Lipinski definition) is 1. The molecule has 0 aliphatic rings. The van der Waals surface area contributed by atoms with Gasteiger partial charge in [0.05, 0.1) is 7.11 Å². The molecule has 0 amide bonds. The van der Waals surface area contributed by atoms with Crippen LogP contribution in [0.15, 0.2) is 35.8 Å². The third-order valence-corrected chi connectivity index (χ3v) is 2.95. The fraction of sp³-hybridized carbons (Fsp3) is 0.182. The van der Waals surface area contributed by atoms with Crippen molar-refractivity contribution in [1.82, 2.24) is 4.98 Å². The largest absolute Gasteiger partial charge is 0.496 e. The second-order valence-corrected chi connectivity index (χ2v) is 3.94. The van der Waals surface area contributed by atoms with Crippen LogP contribution in [-0.2, 0) is 0 Å². The maximum Gasteiger partial charge on any atom is 0.134 e. The Hall–Kier alpha value is -1.39. The van der Waals surface area contributed by atoms with E-state index in [4.69, 9.17) is 4.74 Å². The summed E-state index contributed by atoms with van der Waals surface area (Å²) in [7, 11) is 1.59. The molecule has 1 atom stereocenters. The minimum atomic E-state index is -0.707. The zero-order chi connectivity index (χ0) is 10.7. The molecule has 1 heterocycles. The predicted molar refractivity (Wildman–Crippen MR) is 59.2 cm³/mol. The molecule has 2 aromatic rings. The highest BCUT2D eigenvalue weighted by atomic mass is 32.1. The summed E-state index contributed by atoms with van der Waals surface area (Å²) in [4.78, 5) is 4.08. The molecule has 1 N–H and O–H groups in total. The number of para-hydroxylation sites is 1. The van der Waals surface area contributed by atoms with Crippen LogP contribution in [0.3, 0.4) is 0 Å². The molecule has 0 spiro atoms. The molecule has 0 saturated carbocycles. The van der Waals surface area contributed by atoms with Gasteiger partial charge in [0.1, 0.15) is 16.9 Å². The summed E-state index contributed by atoms with van der Waals surface area (Å²) < 4.78 is 5.18. The Bertz CT molecular complexity index is 428. The van der Waals surface area contributed by atoms with Crippen LogP contribution in [0, 0.1) is 0 Å². The first-order valence-corrected chi connectivity index (χ1v) is 5.41.